The van der Waals surface area contributed by atoms with Crippen LogP contribution in [-0.2, 0) is 0 Å². The van der Waals surface area contributed by atoms with Crippen LogP contribution < -0.4 is 16.6 Å². The molecule has 0 radical (unpaired) electrons. The molecule has 0 saturated heterocycles. The van der Waals surface area contributed by atoms with E-state index in [2.05, 4.69) is 15.3 Å². The molecule has 0 spiro atoms. The third kappa shape index (κ3) is 2.78. The predicted octanol–water partition coefficient (Wildman–Crippen LogP) is 1.36. The topological polar surface area (TPSA) is 102 Å². The molecule has 0 bridgehead atoms. The number of nitriles is 1. The Morgan fingerprint density at radius 1 is 1.15 bits per heavy atom. The van der Waals surface area contributed by atoms with Crippen molar-refractivity contribution < 1.29 is 0 Å². The molecular formula is C14H14N4O2. The number of anilines is 1. The van der Waals surface area contributed by atoms with Crippen LogP contribution in [0.2, 0.25) is 0 Å². The Bertz CT molecular complexity index is 765. The van der Waals surface area contributed by atoms with Crippen molar-refractivity contribution >= 4 is 5.69 Å². The van der Waals surface area contributed by atoms with Crippen LogP contribution in [0.3, 0.4) is 0 Å². The minimum Gasteiger partial charge on any atom is -0.366 e. The number of nitrogens with zero attached hydrogens (tertiary/aromatic N) is 1. The largest absolute Gasteiger partial charge is 0.366 e. The first kappa shape index (κ1) is 13.6. The van der Waals surface area contributed by atoms with Crippen LogP contribution >= 0.6 is 0 Å². The van der Waals surface area contributed by atoms with E-state index in [9.17, 15) is 14.9 Å². The Morgan fingerprint density at radius 2 is 1.80 bits per heavy atom. The van der Waals surface area contributed by atoms with Gasteiger partial charge in [-0.3, -0.25) is 9.78 Å². The van der Waals surface area contributed by atoms with Crippen LogP contribution in [0.25, 0.3) is 0 Å². The van der Waals surface area contributed by atoms with Gasteiger partial charge in [-0.05, 0) is 26.0 Å². The first-order valence-electron chi connectivity index (χ1n) is 6.07. The van der Waals surface area contributed by atoms with E-state index < -0.39 is 17.3 Å². The highest BCUT2D eigenvalue weighted by Crippen LogP contribution is 2.18. The highest BCUT2D eigenvalue weighted by Gasteiger charge is 2.18. The van der Waals surface area contributed by atoms with Gasteiger partial charge in [-0.15, -0.1) is 0 Å². The summed E-state index contributed by atoms with van der Waals surface area (Å²) >= 11 is 0. The smallest absolute Gasteiger partial charge is 0.325 e. The molecule has 2 aromatic rings. The molecular weight excluding hydrogens is 256 g/mol. The SMILES string of the molecule is Cc1ccc(N[C@H](C#N)c2c(C)[nH]c(=O)[nH]c2=O)cc1. The molecule has 0 aliphatic rings. The van der Waals surface area contributed by atoms with Gasteiger partial charge in [0, 0.05) is 11.4 Å². The summed E-state index contributed by atoms with van der Waals surface area (Å²) in [5.74, 6) is 0. The van der Waals surface area contributed by atoms with E-state index in [0.717, 1.165) is 11.3 Å². The predicted molar refractivity (Wildman–Crippen MR) is 75.6 cm³/mol. The van der Waals surface area contributed by atoms with Crippen molar-refractivity contribution in [2.45, 2.75) is 19.9 Å². The quantitative estimate of drug-likeness (QED) is 0.783. The second-order valence-corrected chi connectivity index (χ2v) is 4.52. The second kappa shape index (κ2) is 5.45. The normalized spacial score (nSPS) is 11.7. The maximum Gasteiger partial charge on any atom is 0.325 e. The summed E-state index contributed by atoms with van der Waals surface area (Å²) in [5, 5.41) is 12.2. The Kier molecular flexibility index (Phi) is 3.71. The summed E-state index contributed by atoms with van der Waals surface area (Å²) in [6.45, 7) is 3.55. The maximum absolute atomic E-state index is 11.8. The molecule has 102 valence electrons. The van der Waals surface area contributed by atoms with E-state index in [1.165, 1.54) is 0 Å². The molecule has 3 N–H and O–H groups in total. The summed E-state index contributed by atoms with van der Waals surface area (Å²) in [5.41, 5.74) is 1.28. The lowest BCUT2D eigenvalue weighted by Gasteiger charge is -2.14. The first-order chi connectivity index (χ1) is 9.51. The molecule has 0 saturated carbocycles. The number of aryl methyl sites for hydroxylation is 2. The number of aromatic nitrogens is 2. The highest BCUT2D eigenvalue weighted by molar-refractivity contribution is 5.48. The molecule has 0 aliphatic carbocycles. The molecule has 6 heteroatoms. The average Bonchev–Trinajstić information content (AvgIpc) is 2.38. The summed E-state index contributed by atoms with van der Waals surface area (Å²) in [6, 6.07) is 8.66. The summed E-state index contributed by atoms with van der Waals surface area (Å²) < 4.78 is 0. The molecule has 1 aromatic heterocycles. The van der Waals surface area contributed by atoms with Gasteiger partial charge in [-0.25, -0.2) is 4.79 Å². The van der Waals surface area contributed by atoms with Crippen molar-refractivity contribution in [2.75, 3.05) is 5.32 Å². The van der Waals surface area contributed by atoms with E-state index in [4.69, 9.17) is 0 Å². The standard InChI is InChI=1S/C14H14N4O2/c1-8-3-5-10(6-4-8)17-11(7-15)12-9(2)16-14(20)18-13(12)19/h3-6,11,17H,1-2H3,(H2,16,18,19,20)/t11-/m1/s1. The van der Waals surface area contributed by atoms with Gasteiger partial charge >= 0.3 is 5.69 Å². The number of nitrogens with one attached hydrogen (secondary N) is 3. The number of hydrogen-bond acceptors (Lipinski definition) is 4. The molecule has 20 heavy (non-hydrogen) atoms. The van der Waals surface area contributed by atoms with Crippen LogP contribution in [0.5, 0.6) is 0 Å². The van der Waals surface area contributed by atoms with Gasteiger partial charge in [0.1, 0.15) is 6.04 Å². The zero-order valence-electron chi connectivity index (χ0n) is 11.2. The highest BCUT2D eigenvalue weighted by atomic mass is 16.2. The van der Waals surface area contributed by atoms with Gasteiger partial charge in [0.05, 0.1) is 11.6 Å². The summed E-state index contributed by atoms with van der Waals surface area (Å²) in [7, 11) is 0. The van der Waals surface area contributed by atoms with E-state index in [0.29, 0.717) is 5.69 Å². The van der Waals surface area contributed by atoms with E-state index >= 15 is 0 Å². The zero-order chi connectivity index (χ0) is 14.7. The molecule has 6 nitrogen and oxygen atoms in total. The van der Waals surface area contributed by atoms with E-state index in [-0.39, 0.29) is 5.56 Å². The Hall–Kier alpha value is -2.81. The van der Waals surface area contributed by atoms with E-state index in [1.807, 2.05) is 37.3 Å². The molecule has 0 unspecified atom stereocenters. The molecule has 1 aromatic carbocycles. The summed E-state index contributed by atoms with van der Waals surface area (Å²) in [4.78, 5) is 27.6. The molecule has 2 rings (SSSR count). The van der Waals surface area contributed by atoms with Crippen LogP contribution in [0, 0.1) is 25.2 Å². The fraction of sp³-hybridized carbons (Fsp3) is 0.214. The number of H-pyrrole nitrogens is 2. The number of aromatic amines is 2. The van der Waals surface area contributed by atoms with Crippen molar-refractivity contribution in [3.63, 3.8) is 0 Å². The lowest BCUT2D eigenvalue weighted by atomic mass is 10.1. The fourth-order valence-corrected chi connectivity index (χ4v) is 1.94. The minimum atomic E-state index is -0.835. The molecule has 0 amide bonds. The van der Waals surface area contributed by atoms with Crippen molar-refractivity contribution in [1.82, 2.24) is 9.97 Å². The molecule has 0 aliphatic heterocycles. The van der Waals surface area contributed by atoms with Crippen molar-refractivity contribution in [3.8, 4) is 6.07 Å². The first-order valence-corrected chi connectivity index (χ1v) is 6.07. The monoisotopic (exact) mass is 270 g/mol. The molecule has 1 heterocycles. The number of benzene rings is 1. The van der Waals surface area contributed by atoms with Crippen molar-refractivity contribution in [3.05, 3.63) is 61.9 Å². The average molecular weight is 270 g/mol. The van der Waals surface area contributed by atoms with Crippen molar-refractivity contribution in [1.29, 1.82) is 5.26 Å². The van der Waals surface area contributed by atoms with Gasteiger partial charge in [-0.1, -0.05) is 17.7 Å². The lowest BCUT2D eigenvalue weighted by Crippen LogP contribution is -2.30. The maximum atomic E-state index is 11.8. The van der Waals surface area contributed by atoms with Crippen LogP contribution in [-0.4, -0.2) is 9.97 Å². The fourth-order valence-electron chi connectivity index (χ4n) is 1.94. The van der Waals surface area contributed by atoms with Crippen molar-refractivity contribution in [2.24, 2.45) is 0 Å². The second-order valence-electron chi connectivity index (χ2n) is 4.52. The molecule has 1 atom stereocenters. The van der Waals surface area contributed by atoms with Gasteiger partial charge in [-0.2, -0.15) is 5.26 Å². The van der Waals surface area contributed by atoms with E-state index in [1.54, 1.807) is 6.92 Å². The van der Waals surface area contributed by atoms with Crippen LogP contribution in [0.15, 0.2) is 33.9 Å². The van der Waals surface area contributed by atoms with Crippen LogP contribution in [0.1, 0.15) is 22.9 Å². The Morgan fingerprint density at radius 3 is 2.35 bits per heavy atom. The summed E-state index contributed by atoms with van der Waals surface area (Å²) in [6.07, 6.45) is 0. The van der Waals surface area contributed by atoms with Gasteiger partial charge in [0.2, 0.25) is 0 Å². The van der Waals surface area contributed by atoms with Gasteiger partial charge < -0.3 is 10.3 Å². The number of rotatable bonds is 3. The van der Waals surface area contributed by atoms with Gasteiger partial charge in [0.15, 0.2) is 0 Å². The minimum absolute atomic E-state index is 0.215. The Labute approximate surface area is 115 Å². The third-order valence-corrected chi connectivity index (χ3v) is 2.96. The molecule has 0 fully saturated rings. The van der Waals surface area contributed by atoms with Crippen LogP contribution in [0.4, 0.5) is 5.69 Å². The van der Waals surface area contributed by atoms with Gasteiger partial charge in [0.25, 0.3) is 5.56 Å². The number of hydrogen-bond donors (Lipinski definition) is 3. The Balaban J connectivity index is 2.39. The zero-order valence-corrected chi connectivity index (χ0v) is 11.2. The lowest BCUT2D eigenvalue weighted by molar-refractivity contribution is 0.877. The third-order valence-electron chi connectivity index (χ3n) is 2.96.